The van der Waals surface area contributed by atoms with Gasteiger partial charge in [0.05, 0.1) is 0 Å². The number of hydrogen-bond acceptors (Lipinski definition) is 3. The van der Waals surface area contributed by atoms with Gasteiger partial charge < -0.3 is 14.8 Å². The van der Waals surface area contributed by atoms with Crippen molar-refractivity contribution >= 4 is 6.09 Å². The fraction of sp³-hybridized carbons (Fsp3) is 0.923. The Labute approximate surface area is 103 Å². The molecule has 0 heterocycles. The lowest BCUT2D eigenvalue weighted by molar-refractivity contribution is 0.0979. The van der Waals surface area contributed by atoms with E-state index in [-0.39, 0.29) is 12.2 Å². The van der Waals surface area contributed by atoms with Crippen molar-refractivity contribution in [3.8, 4) is 0 Å². The molecule has 1 N–H and O–H groups in total. The van der Waals surface area contributed by atoms with E-state index in [1.54, 1.807) is 7.11 Å². The molecule has 0 aromatic carbocycles. The number of carbonyl (C=O) groups excluding carboxylic acids is 1. The number of nitrogens with one attached hydrogen (secondary N) is 1. The highest BCUT2D eigenvalue weighted by Gasteiger charge is 2.42. The number of amides is 1. The average Bonchev–Trinajstić information content (AvgIpc) is 2.92. The zero-order valence-electron chi connectivity index (χ0n) is 10.7. The van der Waals surface area contributed by atoms with E-state index in [4.69, 9.17) is 9.47 Å². The van der Waals surface area contributed by atoms with E-state index in [1.165, 1.54) is 25.7 Å². The minimum Gasteiger partial charge on any atom is -0.446 e. The summed E-state index contributed by atoms with van der Waals surface area (Å²) in [7, 11) is 1.72. The van der Waals surface area contributed by atoms with E-state index in [1.807, 2.05) is 0 Å². The molecule has 0 spiro atoms. The third-order valence-electron chi connectivity index (χ3n) is 3.98. The van der Waals surface area contributed by atoms with Gasteiger partial charge in [-0.1, -0.05) is 0 Å². The summed E-state index contributed by atoms with van der Waals surface area (Å²) in [6, 6.07) is 0. The largest absolute Gasteiger partial charge is 0.446 e. The molecule has 2 saturated carbocycles. The van der Waals surface area contributed by atoms with Crippen molar-refractivity contribution in [1.82, 2.24) is 5.32 Å². The lowest BCUT2D eigenvalue weighted by atomic mass is 10.0. The minimum atomic E-state index is -0.236. The highest BCUT2D eigenvalue weighted by Crippen LogP contribution is 2.48. The molecule has 0 bridgehead atoms. The van der Waals surface area contributed by atoms with E-state index in [0.717, 1.165) is 32.4 Å². The van der Waals surface area contributed by atoms with E-state index >= 15 is 0 Å². The topological polar surface area (TPSA) is 47.6 Å². The van der Waals surface area contributed by atoms with Crippen LogP contribution in [0.15, 0.2) is 0 Å². The van der Waals surface area contributed by atoms with Crippen molar-refractivity contribution in [3.63, 3.8) is 0 Å². The molecule has 0 atom stereocenters. The molecule has 2 aliphatic carbocycles. The van der Waals surface area contributed by atoms with Gasteiger partial charge in [-0.15, -0.1) is 0 Å². The predicted octanol–water partition coefficient (Wildman–Crippen LogP) is 2.47. The van der Waals surface area contributed by atoms with Crippen LogP contribution in [0.5, 0.6) is 0 Å². The van der Waals surface area contributed by atoms with E-state index in [0.29, 0.717) is 5.41 Å². The van der Waals surface area contributed by atoms with Crippen LogP contribution in [0, 0.1) is 5.41 Å². The highest BCUT2D eigenvalue weighted by molar-refractivity contribution is 5.67. The molecular weight excluding hydrogens is 218 g/mol. The molecule has 4 heteroatoms. The fourth-order valence-corrected chi connectivity index (χ4v) is 2.47. The van der Waals surface area contributed by atoms with Gasteiger partial charge in [0.2, 0.25) is 0 Å². The Morgan fingerprint density at radius 1 is 1.35 bits per heavy atom. The monoisotopic (exact) mass is 241 g/mol. The Morgan fingerprint density at radius 3 is 2.65 bits per heavy atom. The third kappa shape index (κ3) is 3.87. The fourth-order valence-electron chi connectivity index (χ4n) is 2.47. The number of hydrogen-bond donors (Lipinski definition) is 1. The van der Waals surface area contributed by atoms with Crippen molar-refractivity contribution in [2.24, 2.45) is 5.41 Å². The van der Waals surface area contributed by atoms with Crippen LogP contribution < -0.4 is 5.32 Å². The Hall–Kier alpha value is -0.770. The van der Waals surface area contributed by atoms with Gasteiger partial charge in [-0.25, -0.2) is 4.79 Å². The Morgan fingerprint density at radius 2 is 2.06 bits per heavy atom. The summed E-state index contributed by atoms with van der Waals surface area (Å²) < 4.78 is 10.4. The summed E-state index contributed by atoms with van der Waals surface area (Å²) in [5.41, 5.74) is 0.296. The molecule has 2 aliphatic rings. The predicted molar refractivity (Wildman–Crippen MR) is 64.9 cm³/mol. The Balaban J connectivity index is 1.62. The van der Waals surface area contributed by atoms with Crippen LogP contribution in [-0.2, 0) is 9.47 Å². The molecule has 1 amide bonds. The Bertz CT molecular complexity index is 257. The van der Waals surface area contributed by atoms with Gasteiger partial charge >= 0.3 is 6.09 Å². The lowest BCUT2D eigenvalue weighted by Gasteiger charge is -2.17. The van der Waals surface area contributed by atoms with Crippen molar-refractivity contribution < 1.29 is 14.3 Å². The van der Waals surface area contributed by atoms with Gasteiger partial charge in [0, 0.05) is 20.3 Å². The smallest absolute Gasteiger partial charge is 0.407 e. The van der Waals surface area contributed by atoms with E-state index < -0.39 is 0 Å². The molecule has 4 nitrogen and oxygen atoms in total. The van der Waals surface area contributed by atoms with Crippen molar-refractivity contribution in [1.29, 1.82) is 0 Å². The molecule has 17 heavy (non-hydrogen) atoms. The van der Waals surface area contributed by atoms with E-state index in [9.17, 15) is 4.79 Å². The summed E-state index contributed by atoms with van der Waals surface area (Å²) in [5, 5.41) is 2.90. The van der Waals surface area contributed by atoms with Crippen LogP contribution in [-0.4, -0.2) is 32.5 Å². The number of ether oxygens (including phenoxy) is 2. The van der Waals surface area contributed by atoms with E-state index in [2.05, 4.69) is 5.32 Å². The Kier molecular flexibility index (Phi) is 4.26. The normalized spacial score (nSPS) is 22.4. The molecule has 0 aliphatic heterocycles. The molecule has 98 valence electrons. The molecule has 0 unspecified atom stereocenters. The number of rotatable bonds is 6. The summed E-state index contributed by atoms with van der Waals surface area (Å²) in [5.74, 6) is 0. The van der Waals surface area contributed by atoms with Crippen molar-refractivity contribution in [2.45, 2.75) is 51.0 Å². The molecule has 0 aromatic rings. The first-order valence-electron chi connectivity index (χ1n) is 6.68. The summed E-state index contributed by atoms with van der Waals surface area (Å²) in [6.45, 7) is 1.52. The van der Waals surface area contributed by atoms with Gasteiger partial charge in [0.25, 0.3) is 0 Å². The van der Waals surface area contributed by atoms with Crippen LogP contribution in [0.1, 0.15) is 44.9 Å². The van der Waals surface area contributed by atoms with Crippen LogP contribution >= 0.6 is 0 Å². The SMILES string of the molecule is COCCC1(CNC(=O)OC2CCCC2)CC1. The molecule has 2 rings (SSSR count). The van der Waals surface area contributed by atoms with Gasteiger partial charge in [-0.05, 0) is 50.4 Å². The first-order valence-corrected chi connectivity index (χ1v) is 6.68. The number of carbonyl (C=O) groups is 1. The second-order valence-electron chi connectivity index (χ2n) is 5.41. The second kappa shape index (κ2) is 5.71. The summed E-state index contributed by atoms with van der Waals surface area (Å²) >= 11 is 0. The molecule has 0 aromatic heterocycles. The van der Waals surface area contributed by atoms with Gasteiger partial charge in [-0.3, -0.25) is 0 Å². The molecule has 0 saturated heterocycles. The summed E-state index contributed by atoms with van der Waals surface area (Å²) in [4.78, 5) is 11.6. The minimum absolute atomic E-state index is 0.157. The zero-order chi connectivity index (χ0) is 12.1. The maximum Gasteiger partial charge on any atom is 0.407 e. The van der Waals surface area contributed by atoms with Gasteiger partial charge in [0.1, 0.15) is 6.10 Å². The molecule has 2 fully saturated rings. The quantitative estimate of drug-likeness (QED) is 0.777. The standard InChI is InChI=1S/C13H23NO3/c1-16-9-8-13(6-7-13)10-14-12(15)17-11-4-2-3-5-11/h11H,2-10H2,1H3,(H,14,15). The maximum atomic E-state index is 11.6. The second-order valence-corrected chi connectivity index (χ2v) is 5.41. The molecule has 0 radical (unpaired) electrons. The maximum absolute atomic E-state index is 11.6. The number of alkyl carbamates (subject to hydrolysis) is 1. The third-order valence-corrected chi connectivity index (χ3v) is 3.98. The average molecular weight is 241 g/mol. The van der Waals surface area contributed by atoms with Crippen LogP contribution in [0.2, 0.25) is 0 Å². The first-order chi connectivity index (χ1) is 8.24. The number of methoxy groups -OCH3 is 1. The van der Waals surface area contributed by atoms with Crippen molar-refractivity contribution in [2.75, 3.05) is 20.3 Å². The molecular formula is C13H23NO3. The van der Waals surface area contributed by atoms with Crippen LogP contribution in [0.4, 0.5) is 4.79 Å². The zero-order valence-corrected chi connectivity index (χ0v) is 10.7. The first kappa shape index (κ1) is 12.7. The van der Waals surface area contributed by atoms with Crippen LogP contribution in [0.25, 0.3) is 0 Å². The van der Waals surface area contributed by atoms with Gasteiger partial charge in [-0.2, -0.15) is 0 Å². The van der Waals surface area contributed by atoms with Crippen LogP contribution in [0.3, 0.4) is 0 Å². The van der Waals surface area contributed by atoms with Gasteiger partial charge in [0.15, 0.2) is 0 Å². The van der Waals surface area contributed by atoms with Crippen molar-refractivity contribution in [3.05, 3.63) is 0 Å². The lowest BCUT2D eigenvalue weighted by Crippen LogP contribution is -2.33. The highest BCUT2D eigenvalue weighted by atomic mass is 16.6. The summed E-state index contributed by atoms with van der Waals surface area (Å²) in [6.07, 6.45) is 7.79.